The van der Waals surface area contributed by atoms with E-state index < -0.39 is 12.0 Å². The maximum absolute atomic E-state index is 14.3. The molecule has 0 amide bonds. The Morgan fingerprint density at radius 2 is 1.66 bits per heavy atom. The summed E-state index contributed by atoms with van der Waals surface area (Å²) in [6, 6.07) is 4.68. The molecule has 0 aliphatic heterocycles. The molecule has 1 aromatic heterocycles. The Bertz CT molecular complexity index is 707. The fourth-order valence-corrected chi connectivity index (χ4v) is 3.19. The van der Waals surface area contributed by atoms with Crippen LogP contribution in [0.15, 0.2) is 30.6 Å². The highest BCUT2D eigenvalue weighted by atomic mass is 19.1. The topological polar surface area (TPSA) is 35.0 Å². The largest absolute Gasteiger partial charge is 0.490 e. The van der Waals surface area contributed by atoms with Crippen molar-refractivity contribution in [2.24, 2.45) is 0 Å². The zero-order valence-electron chi connectivity index (χ0n) is 17.8. The molecule has 0 aliphatic carbocycles. The minimum Gasteiger partial charge on any atom is -0.490 e. The van der Waals surface area contributed by atoms with Gasteiger partial charge in [-0.05, 0) is 43.0 Å². The van der Waals surface area contributed by atoms with Crippen molar-refractivity contribution in [1.29, 1.82) is 0 Å². The first-order chi connectivity index (χ1) is 14.1. The summed E-state index contributed by atoms with van der Waals surface area (Å²) in [4.78, 5) is 8.76. The van der Waals surface area contributed by atoms with Gasteiger partial charge in [-0.25, -0.2) is 18.7 Å². The van der Waals surface area contributed by atoms with Crippen LogP contribution in [0.2, 0.25) is 0 Å². The quantitative estimate of drug-likeness (QED) is 0.315. The highest BCUT2D eigenvalue weighted by Gasteiger charge is 2.10. The van der Waals surface area contributed by atoms with Gasteiger partial charge in [0.2, 0.25) is 0 Å². The molecule has 1 aromatic carbocycles. The predicted octanol–water partition coefficient (Wildman–Crippen LogP) is 7.09. The van der Waals surface area contributed by atoms with Gasteiger partial charge in [-0.15, -0.1) is 0 Å². The van der Waals surface area contributed by atoms with E-state index >= 15 is 0 Å². The highest BCUT2D eigenvalue weighted by Crippen LogP contribution is 2.24. The second-order valence-corrected chi connectivity index (χ2v) is 7.60. The van der Waals surface area contributed by atoms with Crippen molar-refractivity contribution < 1.29 is 13.5 Å². The fraction of sp³-hybridized carbons (Fsp3) is 0.583. The van der Waals surface area contributed by atoms with Gasteiger partial charge in [0.15, 0.2) is 17.4 Å². The number of rotatable bonds is 14. The Hall–Kier alpha value is -2.04. The summed E-state index contributed by atoms with van der Waals surface area (Å²) in [7, 11) is 0. The van der Waals surface area contributed by atoms with Gasteiger partial charge in [0.25, 0.3) is 0 Å². The lowest BCUT2D eigenvalue weighted by Gasteiger charge is -2.11. The zero-order valence-corrected chi connectivity index (χ0v) is 17.8. The van der Waals surface area contributed by atoms with Crippen molar-refractivity contribution in [3.63, 3.8) is 0 Å². The molecule has 1 heterocycles. The van der Waals surface area contributed by atoms with Crippen LogP contribution in [0, 0.1) is 5.82 Å². The number of hydrogen-bond acceptors (Lipinski definition) is 3. The Morgan fingerprint density at radius 1 is 0.931 bits per heavy atom. The smallest absolute Gasteiger partial charge is 0.165 e. The Balaban J connectivity index is 1.84. The van der Waals surface area contributed by atoms with E-state index in [4.69, 9.17) is 4.74 Å². The molecule has 0 radical (unpaired) electrons. The number of halogens is 2. The van der Waals surface area contributed by atoms with Crippen LogP contribution >= 0.6 is 0 Å². The highest BCUT2D eigenvalue weighted by molar-refractivity contribution is 5.56. The maximum atomic E-state index is 14.3. The van der Waals surface area contributed by atoms with E-state index in [0.29, 0.717) is 17.8 Å². The van der Waals surface area contributed by atoms with E-state index in [9.17, 15) is 8.78 Å². The Labute approximate surface area is 173 Å². The lowest BCUT2D eigenvalue weighted by molar-refractivity contribution is 0.218. The Morgan fingerprint density at radius 3 is 2.34 bits per heavy atom. The number of unbranched alkanes of at least 4 members (excludes halogenated alkanes) is 5. The average molecular weight is 405 g/mol. The number of ether oxygens (including phenoxy) is 1. The van der Waals surface area contributed by atoms with Crippen LogP contribution in [0.3, 0.4) is 0 Å². The number of aryl methyl sites for hydroxylation is 1. The van der Waals surface area contributed by atoms with Gasteiger partial charge in [-0.1, -0.05) is 52.4 Å². The standard InChI is InChI=1S/C24H34F2N2O/c1-3-5-7-8-9-10-19-17-27-24(28-18-19)20-12-13-23(22(26)16-20)29-15-14-21(25)11-6-4-2/h12-13,16-18,21H,3-11,14-15H2,1-2H3. The normalized spacial score (nSPS) is 12.1. The summed E-state index contributed by atoms with van der Waals surface area (Å²) in [5, 5.41) is 0. The molecule has 0 saturated carbocycles. The summed E-state index contributed by atoms with van der Waals surface area (Å²) in [5.74, 6) is 0.156. The van der Waals surface area contributed by atoms with Crippen molar-refractivity contribution in [2.45, 2.75) is 84.2 Å². The molecule has 5 heteroatoms. The Kier molecular flexibility index (Phi) is 10.6. The lowest BCUT2D eigenvalue weighted by atomic mass is 10.1. The monoisotopic (exact) mass is 404 g/mol. The van der Waals surface area contributed by atoms with E-state index in [1.807, 2.05) is 19.3 Å². The molecule has 2 rings (SSSR count). The minimum atomic E-state index is -0.893. The van der Waals surface area contributed by atoms with Crippen LogP contribution in [0.5, 0.6) is 5.75 Å². The van der Waals surface area contributed by atoms with E-state index in [0.717, 1.165) is 31.2 Å². The molecule has 2 aromatic rings. The third kappa shape index (κ3) is 8.46. The molecule has 0 spiro atoms. The van der Waals surface area contributed by atoms with Crippen LogP contribution in [-0.2, 0) is 6.42 Å². The molecule has 0 bridgehead atoms. The second-order valence-electron chi connectivity index (χ2n) is 7.60. The molecule has 3 nitrogen and oxygen atoms in total. The molecule has 1 unspecified atom stereocenters. The predicted molar refractivity (Wildman–Crippen MR) is 114 cm³/mol. The van der Waals surface area contributed by atoms with Gasteiger partial charge in [-0.3, -0.25) is 0 Å². The molecule has 0 N–H and O–H groups in total. The number of nitrogens with zero attached hydrogens (tertiary/aromatic N) is 2. The number of alkyl halides is 1. The van der Waals surface area contributed by atoms with Gasteiger partial charge in [0.1, 0.15) is 6.17 Å². The van der Waals surface area contributed by atoms with Crippen LogP contribution in [0.25, 0.3) is 11.4 Å². The maximum Gasteiger partial charge on any atom is 0.165 e. The zero-order chi connectivity index (χ0) is 20.9. The average Bonchev–Trinajstić information content (AvgIpc) is 2.73. The molecule has 0 aliphatic rings. The third-order valence-electron chi connectivity index (χ3n) is 5.02. The van der Waals surface area contributed by atoms with Gasteiger partial charge in [0.05, 0.1) is 6.61 Å². The third-order valence-corrected chi connectivity index (χ3v) is 5.02. The molecule has 0 saturated heterocycles. The van der Waals surface area contributed by atoms with E-state index in [-0.39, 0.29) is 18.8 Å². The van der Waals surface area contributed by atoms with Gasteiger partial charge >= 0.3 is 0 Å². The number of aromatic nitrogens is 2. The summed E-state index contributed by atoms with van der Waals surface area (Å²) in [6.07, 6.45) is 12.5. The minimum absolute atomic E-state index is 0.139. The van der Waals surface area contributed by atoms with E-state index in [1.165, 1.54) is 31.7 Å². The lowest BCUT2D eigenvalue weighted by Crippen LogP contribution is -2.08. The van der Waals surface area contributed by atoms with E-state index in [2.05, 4.69) is 16.9 Å². The first kappa shape index (κ1) is 23.2. The summed E-state index contributed by atoms with van der Waals surface area (Å²) in [6.45, 7) is 4.42. The SMILES string of the molecule is CCCCCCCc1cnc(-c2ccc(OCCC(F)CCCC)c(F)c2)nc1. The van der Waals surface area contributed by atoms with Crippen molar-refractivity contribution in [3.8, 4) is 17.1 Å². The van der Waals surface area contributed by atoms with E-state index in [1.54, 1.807) is 12.1 Å². The number of hydrogen-bond donors (Lipinski definition) is 0. The summed E-state index contributed by atoms with van der Waals surface area (Å²) >= 11 is 0. The summed E-state index contributed by atoms with van der Waals surface area (Å²) in [5.41, 5.74) is 1.71. The first-order valence-corrected chi connectivity index (χ1v) is 11.0. The van der Waals surface area contributed by atoms with Gasteiger partial charge < -0.3 is 4.74 Å². The van der Waals surface area contributed by atoms with Crippen molar-refractivity contribution in [2.75, 3.05) is 6.61 Å². The van der Waals surface area contributed by atoms with Crippen LogP contribution < -0.4 is 4.74 Å². The number of benzene rings is 1. The molecular formula is C24H34F2N2O. The molecule has 0 fully saturated rings. The van der Waals surface area contributed by atoms with Crippen LogP contribution in [0.1, 0.15) is 77.2 Å². The first-order valence-electron chi connectivity index (χ1n) is 11.0. The van der Waals surface area contributed by atoms with Gasteiger partial charge in [-0.2, -0.15) is 0 Å². The molecular weight excluding hydrogens is 370 g/mol. The molecule has 1 atom stereocenters. The molecule has 29 heavy (non-hydrogen) atoms. The molecule has 160 valence electrons. The fourth-order valence-electron chi connectivity index (χ4n) is 3.19. The van der Waals surface area contributed by atoms with Gasteiger partial charge in [0, 0.05) is 24.4 Å². The van der Waals surface area contributed by atoms with Crippen LogP contribution in [0.4, 0.5) is 8.78 Å². The van der Waals surface area contributed by atoms with Crippen molar-refractivity contribution >= 4 is 0 Å². The summed E-state index contributed by atoms with van der Waals surface area (Å²) < 4.78 is 33.4. The van der Waals surface area contributed by atoms with Crippen LogP contribution in [-0.4, -0.2) is 22.7 Å². The van der Waals surface area contributed by atoms with Crippen molar-refractivity contribution in [1.82, 2.24) is 9.97 Å². The van der Waals surface area contributed by atoms with Crippen molar-refractivity contribution in [3.05, 3.63) is 42.0 Å². The second kappa shape index (κ2) is 13.2.